The van der Waals surface area contributed by atoms with Crippen molar-refractivity contribution < 1.29 is 19.1 Å². The van der Waals surface area contributed by atoms with Gasteiger partial charge < -0.3 is 20.1 Å². The number of methoxy groups -OCH3 is 1. The second-order valence-corrected chi connectivity index (χ2v) is 7.43. The lowest BCUT2D eigenvalue weighted by Crippen LogP contribution is -2.30. The third-order valence-corrected chi connectivity index (χ3v) is 5.04. The van der Waals surface area contributed by atoms with Gasteiger partial charge in [0.2, 0.25) is 5.91 Å². The number of hydrogen-bond acceptors (Lipinski definition) is 4. The summed E-state index contributed by atoms with van der Waals surface area (Å²) in [4.78, 5) is 24.3. The van der Waals surface area contributed by atoms with Crippen LogP contribution in [0.2, 0.25) is 5.02 Å². The number of nitrogens with one attached hydrogen (secondary N) is 2. The highest BCUT2D eigenvalue weighted by Crippen LogP contribution is 2.28. The first kappa shape index (κ1) is 23.2. The topological polar surface area (TPSA) is 76.7 Å². The van der Waals surface area contributed by atoms with E-state index in [1.165, 1.54) is 0 Å². The van der Waals surface area contributed by atoms with E-state index in [1.807, 2.05) is 48.5 Å². The Kier molecular flexibility index (Phi) is 8.52. The zero-order valence-corrected chi connectivity index (χ0v) is 18.5. The van der Waals surface area contributed by atoms with Crippen LogP contribution in [0.4, 0.5) is 0 Å². The number of carbonyl (C=O) groups excluding carboxylic acids is 2. The zero-order chi connectivity index (χ0) is 22.8. The molecule has 0 aliphatic heterocycles. The van der Waals surface area contributed by atoms with Gasteiger partial charge in [0.05, 0.1) is 17.7 Å². The predicted octanol–water partition coefficient (Wildman–Crippen LogP) is 4.36. The molecule has 0 unspecified atom stereocenters. The lowest BCUT2D eigenvalue weighted by molar-refractivity contribution is -0.121. The molecule has 3 aromatic rings. The molecular weight excluding hydrogens is 428 g/mol. The summed E-state index contributed by atoms with van der Waals surface area (Å²) in [7, 11) is 1.58. The van der Waals surface area contributed by atoms with E-state index in [9.17, 15) is 9.59 Å². The molecule has 2 N–H and O–H groups in total. The Morgan fingerprint density at radius 3 is 2.38 bits per heavy atom. The van der Waals surface area contributed by atoms with Crippen molar-refractivity contribution in [3.63, 3.8) is 0 Å². The van der Waals surface area contributed by atoms with Gasteiger partial charge in [-0.3, -0.25) is 9.59 Å². The SMILES string of the molecule is COc1cc(CNC(=O)CCNC(=O)c2ccccc2Cl)ccc1OCc1ccccc1. The van der Waals surface area contributed by atoms with Gasteiger partial charge in [0, 0.05) is 19.5 Å². The molecule has 0 saturated carbocycles. The van der Waals surface area contributed by atoms with Gasteiger partial charge in [-0.1, -0.05) is 60.1 Å². The fraction of sp³-hybridized carbons (Fsp3) is 0.200. The maximum absolute atomic E-state index is 12.1. The van der Waals surface area contributed by atoms with Crippen molar-refractivity contribution in [2.45, 2.75) is 19.6 Å². The van der Waals surface area contributed by atoms with E-state index >= 15 is 0 Å². The molecule has 0 heterocycles. The number of halogens is 1. The minimum absolute atomic E-state index is 0.158. The van der Waals surface area contributed by atoms with Gasteiger partial charge in [-0.25, -0.2) is 0 Å². The molecule has 0 radical (unpaired) electrons. The van der Waals surface area contributed by atoms with Crippen LogP contribution >= 0.6 is 11.6 Å². The molecule has 0 aliphatic carbocycles. The molecule has 0 fully saturated rings. The second kappa shape index (κ2) is 11.8. The molecule has 0 atom stereocenters. The fourth-order valence-corrected chi connectivity index (χ4v) is 3.22. The number of carbonyl (C=O) groups is 2. The van der Waals surface area contributed by atoms with E-state index in [0.717, 1.165) is 11.1 Å². The molecule has 0 aliphatic rings. The van der Waals surface area contributed by atoms with E-state index in [1.54, 1.807) is 31.4 Å². The lowest BCUT2D eigenvalue weighted by atomic mass is 10.2. The van der Waals surface area contributed by atoms with Gasteiger partial charge in [-0.2, -0.15) is 0 Å². The van der Waals surface area contributed by atoms with Crippen molar-refractivity contribution in [2.75, 3.05) is 13.7 Å². The third kappa shape index (κ3) is 6.75. The smallest absolute Gasteiger partial charge is 0.252 e. The molecule has 0 saturated heterocycles. The first-order valence-electron chi connectivity index (χ1n) is 10.2. The summed E-state index contributed by atoms with van der Waals surface area (Å²) in [6.45, 7) is 0.991. The Labute approximate surface area is 192 Å². The summed E-state index contributed by atoms with van der Waals surface area (Å²) in [5.41, 5.74) is 2.33. The Morgan fingerprint density at radius 2 is 1.62 bits per heavy atom. The summed E-state index contributed by atoms with van der Waals surface area (Å²) < 4.78 is 11.3. The van der Waals surface area contributed by atoms with Crippen molar-refractivity contribution >= 4 is 23.4 Å². The summed E-state index contributed by atoms with van der Waals surface area (Å²) in [6.07, 6.45) is 0.158. The van der Waals surface area contributed by atoms with E-state index in [-0.39, 0.29) is 24.8 Å². The van der Waals surface area contributed by atoms with Crippen molar-refractivity contribution in [1.82, 2.24) is 10.6 Å². The number of amides is 2. The number of hydrogen-bond donors (Lipinski definition) is 2. The summed E-state index contributed by atoms with van der Waals surface area (Å²) in [5, 5.41) is 5.92. The molecule has 7 heteroatoms. The fourth-order valence-electron chi connectivity index (χ4n) is 3.00. The Balaban J connectivity index is 1.44. The highest BCUT2D eigenvalue weighted by molar-refractivity contribution is 6.33. The quantitative estimate of drug-likeness (QED) is 0.479. The summed E-state index contributed by atoms with van der Waals surface area (Å²) >= 11 is 6.01. The minimum atomic E-state index is -0.306. The Morgan fingerprint density at radius 1 is 0.875 bits per heavy atom. The van der Waals surface area contributed by atoms with Crippen molar-refractivity contribution in [3.8, 4) is 11.5 Å². The highest BCUT2D eigenvalue weighted by atomic mass is 35.5. The molecule has 0 spiro atoms. The Bertz CT molecular complexity index is 1060. The van der Waals surface area contributed by atoms with E-state index in [2.05, 4.69) is 10.6 Å². The highest BCUT2D eigenvalue weighted by Gasteiger charge is 2.11. The van der Waals surface area contributed by atoms with Crippen LogP contribution in [-0.4, -0.2) is 25.5 Å². The van der Waals surface area contributed by atoms with Crippen LogP contribution in [0.5, 0.6) is 11.5 Å². The number of ether oxygens (including phenoxy) is 2. The Hall–Kier alpha value is -3.51. The van der Waals surface area contributed by atoms with Crippen LogP contribution in [0.3, 0.4) is 0 Å². The van der Waals surface area contributed by atoms with Gasteiger partial charge in [0.1, 0.15) is 6.61 Å². The second-order valence-electron chi connectivity index (χ2n) is 7.02. The zero-order valence-electron chi connectivity index (χ0n) is 17.8. The van der Waals surface area contributed by atoms with Crippen LogP contribution in [0.25, 0.3) is 0 Å². The summed E-state index contributed by atoms with van der Waals surface area (Å²) in [5.74, 6) is 0.750. The molecule has 0 aromatic heterocycles. The third-order valence-electron chi connectivity index (χ3n) is 4.71. The monoisotopic (exact) mass is 452 g/mol. The largest absolute Gasteiger partial charge is 0.493 e. The molecule has 6 nitrogen and oxygen atoms in total. The van der Waals surface area contributed by atoms with Crippen LogP contribution in [-0.2, 0) is 17.9 Å². The van der Waals surface area contributed by atoms with E-state index in [0.29, 0.717) is 35.2 Å². The van der Waals surface area contributed by atoms with Gasteiger partial charge in [0.15, 0.2) is 11.5 Å². The standard InChI is InChI=1S/C25H25ClN2O4/c1-31-23-15-19(11-12-22(23)32-17-18-7-3-2-4-8-18)16-28-24(29)13-14-27-25(30)20-9-5-6-10-21(20)26/h2-12,15H,13-14,16-17H2,1H3,(H,27,30)(H,28,29). The predicted molar refractivity (Wildman–Crippen MR) is 124 cm³/mol. The molecule has 3 rings (SSSR count). The molecule has 166 valence electrons. The molecule has 0 bridgehead atoms. The molecule has 2 amide bonds. The first-order chi connectivity index (χ1) is 15.6. The van der Waals surface area contributed by atoms with Crippen LogP contribution in [0.15, 0.2) is 72.8 Å². The number of benzene rings is 3. The lowest BCUT2D eigenvalue weighted by Gasteiger charge is -2.13. The average molecular weight is 453 g/mol. The van der Waals surface area contributed by atoms with Crippen molar-refractivity contribution in [3.05, 3.63) is 94.5 Å². The van der Waals surface area contributed by atoms with Crippen LogP contribution in [0.1, 0.15) is 27.9 Å². The van der Waals surface area contributed by atoms with Gasteiger partial charge in [-0.15, -0.1) is 0 Å². The summed E-state index contributed by atoms with van der Waals surface area (Å²) in [6, 6.07) is 22.2. The minimum Gasteiger partial charge on any atom is -0.493 e. The van der Waals surface area contributed by atoms with Gasteiger partial charge in [-0.05, 0) is 35.4 Å². The average Bonchev–Trinajstić information content (AvgIpc) is 2.82. The van der Waals surface area contributed by atoms with Crippen LogP contribution in [0, 0.1) is 0 Å². The molecule has 3 aromatic carbocycles. The van der Waals surface area contributed by atoms with E-state index < -0.39 is 0 Å². The molecular formula is C25H25ClN2O4. The van der Waals surface area contributed by atoms with Crippen molar-refractivity contribution in [1.29, 1.82) is 0 Å². The van der Waals surface area contributed by atoms with Gasteiger partial charge in [0.25, 0.3) is 5.91 Å². The van der Waals surface area contributed by atoms with Crippen molar-refractivity contribution in [2.24, 2.45) is 0 Å². The van der Waals surface area contributed by atoms with E-state index in [4.69, 9.17) is 21.1 Å². The maximum atomic E-state index is 12.1. The molecule has 32 heavy (non-hydrogen) atoms. The first-order valence-corrected chi connectivity index (χ1v) is 10.6. The normalized spacial score (nSPS) is 10.3. The van der Waals surface area contributed by atoms with Crippen LogP contribution < -0.4 is 20.1 Å². The number of rotatable bonds is 10. The maximum Gasteiger partial charge on any atom is 0.252 e. The van der Waals surface area contributed by atoms with Gasteiger partial charge >= 0.3 is 0 Å².